The van der Waals surface area contributed by atoms with Crippen molar-refractivity contribution in [3.63, 3.8) is 0 Å². The van der Waals surface area contributed by atoms with Crippen molar-refractivity contribution in [2.45, 2.75) is 360 Å². The molecule has 8 nitrogen and oxygen atoms in total. The summed E-state index contributed by atoms with van der Waals surface area (Å²) >= 11 is 0. The lowest BCUT2D eigenvalue weighted by atomic mass is 10.0. The van der Waals surface area contributed by atoms with Crippen LogP contribution in [0.3, 0.4) is 0 Å². The molecule has 0 spiro atoms. The predicted molar refractivity (Wildman–Crippen MR) is 312 cm³/mol. The third kappa shape index (κ3) is 57.2. The second kappa shape index (κ2) is 55.3. The van der Waals surface area contributed by atoms with Crippen molar-refractivity contribution in [3.8, 4) is 0 Å². The molecule has 0 aromatic heterocycles. The van der Waals surface area contributed by atoms with Gasteiger partial charge in [-0.25, -0.2) is 0 Å². The summed E-state index contributed by atoms with van der Waals surface area (Å²) in [5, 5.41) is 14.1. The van der Waals surface area contributed by atoms with Gasteiger partial charge in [-0.05, 0) is 12.8 Å². The first-order valence-corrected chi connectivity index (χ1v) is 33.8. The Morgan fingerprint density at radius 2 is 0.681 bits per heavy atom. The van der Waals surface area contributed by atoms with Crippen molar-refractivity contribution in [2.75, 3.05) is 40.9 Å². The highest BCUT2D eigenvalue weighted by atomic mass is 31.2. The molecule has 0 rings (SSSR count). The highest BCUT2D eigenvalue weighted by Gasteiger charge is 2.24. The number of quaternary nitrogens is 1. The molecule has 0 heterocycles. The number of nitrogens with one attached hydrogen (secondary N) is 1. The molecule has 0 aliphatic rings. The molecule has 0 bridgehead atoms. The number of carbonyl (C=O) groups excluding carboxylic acids is 1. The average molecular weight is 1040 g/mol. The zero-order valence-corrected chi connectivity index (χ0v) is 50.3. The molecule has 0 saturated carbocycles. The van der Waals surface area contributed by atoms with Crippen LogP contribution in [0.15, 0.2) is 0 Å². The van der Waals surface area contributed by atoms with Gasteiger partial charge in [-0.15, -0.1) is 0 Å². The molecule has 72 heavy (non-hydrogen) atoms. The Hall–Kier alpha value is -0.500. The van der Waals surface area contributed by atoms with Crippen molar-refractivity contribution < 1.29 is 32.9 Å². The van der Waals surface area contributed by atoms with Crippen LogP contribution >= 0.6 is 7.82 Å². The number of nitrogens with zero attached hydrogens (tertiary/aromatic N) is 1. The Morgan fingerprint density at radius 3 is 0.944 bits per heavy atom. The number of amides is 1. The molecule has 9 heteroatoms. The highest BCUT2D eigenvalue weighted by Crippen LogP contribution is 2.38. The summed E-state index contributed by atoms with van der Waals surface area (Å²) in [6, 6.07) is -0.796. The van der Waals surface area contributed by atoms with Crippen LogP contribution in [0.2, 0.25) is 0 Å². The summed E-state index contributed by atoms with van der Waals surface area (Å²) in [7, 11) is 1.33. The fraction of sp³-hybridized carbons (Fsp3) is 0.984. The number of rotatable bonds is 61. The lowest BCUT2D eigenvalue weighted by Crippen LogP contribution is -2.46. The maximum absolute atomic E-state index is 13.0. The first kappa shape index (κ1) is 71.5. The molecular formula is C63H129N2O6P. The zero-order chi connectivity index (χ0) is 52.7. The summed E-state index contributed by atoms with van der Waals surface area (Å²) in [5.74, 6) is -0.155. The van der Waals surface area contributed by atoms with Crippen molar-refractivity contribution in [3.05, 3.63) is 0 Å². The van der Waals surface area contributed by atoms with E-state index in [0.717, 1.165) is 38.5 Å². The van der Waals surface area contributed by atoms with Gasteiger partial charge in [0.05, 0.1) is 39.9 Å². The standard InChI is InChI=1S/C63H129N2O6P/c1-6-8-10-12-14-16-18-20-22-24-26-28-29-30-31-32-33-34-35-36-37-39-41-43-45-47-49-51-53-55-57-63(67)64-61(60-71-72(68,69)70-59-58-65(3,4)5)62(66)56-54-52-50-48-46-44-42-40-38-27-25-23-21-19-17-15-13-11-9-7-2/h61-62,66H,6-60H2,1-5H3,(H-,64,67,68,69). The Bertz CT molecular complexity index is 1140. The number of aliphatic hydroxyl groups is 1. The second-order valence-corrected chi connectivity index (χ2v) is 25.3. The van der Waals surface area contributed by atoms with Gasteiger partial charge in [-0.3, -0.25) is 9.36 Å². The average Bonchev–Trinajstić information content (AvgIpc) is 3.34. The maximum atomic E-state index is 13.0. The van der Waals surface area contributed by atoms with Gasteiger partial charge in [0.2, 0.25) is 5.91 Å². The molecule has 0 aromatic carbocycles. The quantitative estimate of drug-likeness (QED) is 0.0357. The van der Waals surface area contributed by atoms with E-state index < -0.39 is 20.0 Å². The number of carbonyl (C=O) groups is 1. The number of aliphatic hydroxyl groups excluding tert-OH is 1. The van der Waals surface area contributed by atoms with Crippen LogP contribution in [0.5, 0.6) is 0 Å². The highest BCUT2D eigenvalue weighted by molar-refractivity contribution is 7.45. The minimum atomic E-state index is -4.57. The number of hydrogen-bond donors (Lipinski definition) is 2. The molecule has 0 aliphatic carbocycles. The van der Waals surface area contributed by atoms with Gasteiger partial charge in [-0.1, -0.05) is 328 Å². The van der Waals surface area contributed by atoms with Crippen LogP contribution in [0.25, 0.3) is 0 Å². The van der Waals surface area contributed by atoms with Gasteiger partial charge in [0.25, 0.3) is 7.82 Å². The first-order valence-electron chi connectivity index (χ1n) is 32.4. The topological polar surface area (TPSA) is 108 Å². The van der Waals surface area contributed by atoms with Gasteiger partial charge in [-0.2, -0.15) is 0 Å². The van der Waals surface area contributed by atoms with Crippen LogP contribution in [-0.2, 0) is 18.4 Å². The van der Waals surface area contributed by atoms with Crippen molar-refractivity contribution in [1.82, 2.24) is 5.32 Å². The van der Waals surface area contributed by atoms with E-state index in [1.54, 1.807) is 0 Å². The summed E-state index contributed by atoms with van der Waals surface area (Å²) in [6.07, 6.45) is 67.3. The van der Waals surface area contributed by atoms with E-state index in [2.05, 4.69) is 19.2 Å². The molecule has 3 atom stereocenters. The number of unbranched alkanes of at least 4 members (excludes halogenated alkanes) is 48. The monoisotopic (exact) mass is 1040 g/mol. The Balaban J connectivity index is 4.00. The molecule has 0 saturated heterocycles. The van der Waals surface area contributed by atoms with E-state index in [9.17, 15) is 19.4 Å². The third-order valence-corrected chi connectivity index (χ3v) is 16.3. The number of phosphoric acid groups is 1. The largest absolute Gasteiger partial charge is 0.756 e. The molecule has 0 radical (unpaired) electrons. The molecular weight excluding hydrogens is 912 g/mol. The number of hydrogen-bond acceptors (Lipinski definition) is 6. The first-order chi connectivity index (χ1) is 35.0. The van der Waals surface area contributed by atoms with Crippen molar-refractivity contribution in [2.24, 2.45) is 0 Å². The fourth-order valence-electron chi connectivity index (χ4n) is 10.3. The fourth-order valence-corrected chi connectivity index (χ4v) is 11.0. The van der Waals surface area contributed by atoms with E-state index >= 15 is 0 Å². The van der Waals surface area contributed by atoms with E-state index in [1.165, 1.54) is 283 Å². The minimum absolute atomic E-state index is 0.0168. The van der Waals surface area contributed by atoms with E-state index in [4.69, 9.17) is 9.05 Å². The van der Waals surface area contributed by atoms with Crippen molar-refractivity contribution >= 4 is 13.7 Å². The lowest BCUT2D eigenvalue weighted by molar-refractivity contribution is -0.870. The third-order valence-electron chi connectivity index (χ3n) is 15.3. The molecule has 0 fully saturated rings. The lowest BCUT2D eigenvalue weighted by Gasteiger charge is -2.30. The normalized spacial score (nSPS) is 13.7. The molecule has 0 aliphatic heterocycles. The summed E-state index contributed by atoms with van der Waals surface area (Å²) < 4.78 is 23.5. The van der Waals surface area contributed by atoms with Gasteiger partial charge >= 0.3 is 0 Å². The van der Waals surface area contributed by atoms with Crippen LogP contribution in [-0.4, -0.2) is 68.5 Å². The summed E-state index contributed by atoms with van der Waals surface area (Å²) in [5.41, 5.74) is 0. The molecule has 2 N–H and O–H groups in total. The molecule has 3 unspecified atom stereocenters. The SMILES string of the molecule is CCCCCCCCCCCCCCCCCCCCCCCCCCCCCCCCC(=O)NC(COP(=O)([O-])OCC[N+](C)(C)C)C(O)CCCCCCCCCCCCCCCCCCCCCC. The zero-order valence-electron chi connectivity index (χ0n) is 49.4. The van der Waals surface area contributed by atoms with Gasteiger partial charge in [0.15, 0.2) is 0 Å². The van der Waals surface area contributed by atoms with E-state index in [-0.39, 0.29) is 19.1 Å². The number of likely N-dealkylation sites (N-methyl/N-ethyl adjacent to an activating group) is 1. The Kier molecular flexibility index (Phi) is 54.9. The maximum Gasteiger partial charge on any atom is 0.268 e. The number of phosphoric ester groups is 1. The molecule has 432 valence electrons. The van der Waals surface area contributed by atoms with Crippen LogP contribution in [0.1, 0.15) is 348 Å². The second-order valence-electron chi connectivity index (χ2n) is 23.8. The molecule has 1 amide bonds. The van der Waals surface area contributed by atoms with Crippen molar-refractivity contribution in [1.29, 1.82) is 0 Å². The summed E-state index contributed by atoms with van der Waals surface area (Å²) in [6.45, 7) is 4.79. The van der Waals surface area contributed by atoms with E-state index in [1.807, 2.05) is 21.1 Å². The molecule has 0 aromatic rings. The van der Waals surface area contributed by atoms with Crippen LogP contribution in [0, 0.1) is 0 Å². The predicted octanol–water partition coefficient (Wildman–Crippen LogP) is 19.4. The van der Waals surface area contributed by atoms with Gasteiger partial charge in [0, 0.05) is 6.42 Å². The minimum Gasteiger partial charge on any atom is -0.756 e. The van der Waals surface area contributed by atoms with Crippen LogP contribution < -0.4 is 10.2 Å². The summed E-state index contributed by atoms with van der Waals surface area (Å²) in [4.78, 5) is 25.6. The van der Waals surface area contributed by atoms with Crippen LogP contribution in [0.4, 0.5) is 0 Å². The Labute approximate surface area is 450 Å². The van der Waals surface area contributed by atoms with E-state index in [0.29, 0.717) is 23.9 Å². The smallest absolute Gasteiger partial charge is 0.268 e. The van der Waals surface area contributed by atoms with Gasteiger partial charge < -0.3 is 28.8 Å². The van der Waals surface area contributed by atoms with Gasteiger partial charge in [0.1, 0.15) is 13.2 Å². The Morgan fingerprint density at radius 1 is 0.431 bits per heavy atom.